The van der Waals surface area contributed by atoms with Crippen molar-refractivity contribution in [1.29, 1.82) is 0 Å². The molecule has 112 valence electrons. The monoisotopic (exact) mass is 269 g/mol. The van der Waals surface area contributed by atoms with E-state index < -0.39 is 5.97 Å². The van der Waals surface area contributed by atoms with E-state index in [1.807, 2.05) is 6.92 Å². The molecule has 2 rings (SSSR count). The lowest BCUT2D eigenvalue weighted by atomic mass is 9.91. The Morgan fingerprint density at radius 1 is 0.947 bits per heavy atom. The third-order valence-electron chi connectivity index (χ3n) is 4.15. The maximum atomic E-state index is 9.60. The molecule has 2 fully saturated rings. The average Bonchev–Trinajstić information content (AvgIpc) is 2.41. The van der Waals surface area contributed by atoms with Gasteiger partial charge in [-0.2, -0.15) is 0 Å². The van der Waals surface area contributed by atoms with Crippen molar-refractivity contribution in [2.75, 3.05) is 0 Å². The molecule has 0 spiro atoms. The predicted octanol–water partition coefficient (Wildman–Crippen LogP) is 4.11. The zero-order chi connectivity index (χ0) is 13.9. The molecule has 2 aliphatic rings. The molecule has 0 amide bonds. The summed E-state index contributed by atoms with van der Waals surface area (Å²) in [6, 6.07) is 1.74. The number of carbonyl (C=O) groups is 1. The lowest BCUT2D eigenvalue weighted by molar-refractivity contribution is -0.137. The fourth-order valence-corrected chi connectivity index (χ4v) is 3.09. The van der Waals surface area contributed by atoms with Gasteiger partial charge in [0.05, 0.1) is 0 Å². The van der Waals surface area contributed by atoms with E-state index in [1.54, 1.807) is 0 Å². The van der Waals surface area contributed by atoms with Crippen LogP contribution >= 0.6 is 0 Å². The predicted molar refractivity (Wildman–Crippen MR) is 79.4 cm³/mol. The molecule has 3 heteroatoms. The van der Waals surface area contributed by atoms with Crippen LogP contribution in [0.2, 0.25) is 0 Å². The summed E-state index contributed by atoms with van der Waals surface area (Å²) in [4.78, 5) is 9.60. The van der Waals surface area contributed by atoms with Gasteiger partial charge in [0.1, 0.15) is 0 Å². The Balaban J connectivity index is 0.000000258. The van der Waals surface area contributed by atoms with Crippen molar-refractivity contribution in [2.24, 2.45) is 0 Å². The molecule has 0 unspecified atom stereocenters. The van der Waals surface area contributed by atoms with Gasteiger partial charge in [-0.05, 0) is 32.1 Å². The average molecular weight is 269 g/mol. The number of carboxylic acids is 1. The van der Waals surface area contributed by atoms with E-state index in [1.165, 1.54) is 64.2 Å². The molecule has 19 heavy (non-hydrogen) atoms. The van der Waals surface area contributed by atoms with Crippen molar-refractivity contribution >= 4 is 5.97 Å². The van der Waals surface area contributed by atoms with Gasteiger partial charge in [-0.1, -0.05) is 45.4 Å². The highest BCUT2D eigenvalue weighted by molar-refractivity contribution is 5.66. The van der Waals surface area contributed by atoms with Crippen LogP contribution in [0.1, 0.15) is 84.0 Å². The van der Waals surface area contributed by atoms with Crippen LogP contribution in [0.4, 0.5) is 0 Å². The number of nitrogens with one attached hydrogen (secondary N) is 1. The third kappa shape index (κ3) is 8.25. The number of rotatable bonds is 4. The summed E-state index contributed by atoms with van der Waals surface area (Å²) in [7, 11) is 0. The van der Waals surface area contributed by atoms with Crippen LogP contribution in [0, 0.1) is 0 Å². The molecular formula is C16H31NO2. The topological polar surface area (TPSA) is 49.3 Å². The van der Waals surface area contributed by atoms with Gasteiger partial charge < -0.3 is 10.4 Å². The molecule has 2 aliphatic carbocycles. The normalized spacial score (nSPS) is 21.5. The van der Waals surface area contributed by atoms with Gasteiger partial charge in [-0.15, -0.1) is 0 Å². The molecule has 0 aromatic carbocycles. The molecule has 0 heterocycles. The van der Waals surface area contributed by atoms with Gasteiger partial charge in [0.2, 0.25) is 0 Å². The third-order valence-corrected chi connectivity index (χ3v) is 4.15. The van der Waals surface area contributed by atoms with Crippen molar-refractivity contribution < 1.29 is 9.90 Å². The summed E-state index contributed by atoms with van der Waals surface area (Å²) in [5, 5.41) is 11.8. The van der Waals surface area contributed by atoms with E-state index >= 15 is 0 Å². The van der Waals surface area contributed by atoms with Crippen molar-refractivity contribution in [3.63, 3.8) is 0 Å². The van der Waals surface area contributed by atoms with Gasteiger partial charge in [0.15, 0.2) is 0 Å². The summed E-state index contributed by atoms with van der Waals surface area (Å²) >= 11 is 0. The first-order chi connectivity index (χ1) is 9.22. The molecule has 2 saturated carbocycles. The Morgan fingerprint density at radius 3 is 1.63 bits per heavy atom. The second-order valence-corrected chi connectivity index (χ2v) is 5.98. The Kier molecular flexibility index (Phi) is 8.89. The van der Waals surface area contributed by atoms with E-state index in [2.05, 4.69) is 5.32 Å². The smallest absolute Gasteiger partial charge is 0.303 e. The van der Waals surface area contributed by atoms with Crippen molar-refractivity contribution in [3.05, 3.63) is 0 Å². The molecule has 0 aromatic heterocycles. The van der Waals surface area contributed by atoms with Crippen LogP contribution in [0.3, 0.4) is 0 Å². The van der Waals surface area contributed by atoms with Crippen LogP contribution in [0.25, 0.3) is 0 Å². The Hall–Kier alpha value is -0.570. The molecule has 2 N–H and O–H groups in total. The highest BCUT2D eigenvalue weighted by Crippen LogP contribution is 2.22. The highest BCUT2D eigenvalue weighted by Gasteiger charge is 2.19. The number of aliphatic carboxylic acids is 1. The lowest BCUT2D eigenvalue weighted by Crippen LogP contribution is -2.40. The van der Waals surface area contributed by atoms with E-state index in [4.69, 9.17) is 5.11 Å². The fraction of sp³-hybridized carbons (Fsp3) is 0.938. The standard InChI is InChI=1S/C12H23N.C4H8O2/c1-3-7-11(8-4-1)13-12-9-5-2-6-10-12;1-2-3-4(5)6/h11-13H,1-10H2;2-3H2,1H3,(H,5,6). The van der Waals surface area contributed by atoms with E-state index in [-0.39, 0.29) is 0 Å². The van der Waals surface area contributed by atoms with Gasteiger partial charge >= 0.3 is 5.97 Å². The highest BCUT2D eigenvalue weighted by atomic mass is 16.4. The lowest BCUT2D eigenvalue weighted by Gasteiger charge is -2.30. The molecule has 3 nitrogen and oxygen atoms in total. The summed E-state index contributed by atoms with van der Waals surface area (Å²) in [6.45, 7) is 1.84. The maximum Gasteiger partial charge on any atom is 0.303 e. The van der Waals surface area contributed by atoms with Crippen LogP contribution in [0.5, 0.6) is 0 Å². The molecule has 0 saturated heterocycles. The van der Waals surface area contributed by atoms with Gasteiger partial charge in [0.25, 0.3) is 0 Å². The summed E-state index contributed by atoms with van der Waals surface area (Å²) in [5.41, 5.74) is 0. The molecule has 0 atom stereocenters. The van der Waals surface area contributed by atoms with Gasteiger partial charge in [-0.25, -0.2) is 0 Å². The summed E-state index contributed by atoms with van der Waals surface area (Å²) < 4.78 is 0. The van der Waals surface area contributed by atoms with Crippen LogP contribution in [0.15, 0.2) is 0 Å². The molecular weight excluding hydrogens is 238 g/mol. The Morgan fingerprint density at radius 2 is 1.37 bits per heavy atom. The first-order valence-electron chi connectivity index (χ1n) is 8.20. The quantitative estimate of drug-likeness (QED) is 0.807. The molecule has 0 aromatic rings. The molecule has 0 radical (unpaired) electrons. The van der Waals surface area contributed by atoms with E-state index in [9.17, 15) is 4.79 Å². The van der Waals surface area contributed by atoms with E-state index in [0.29, 0.717) is 6.42 Å². The minimum Gasteiger partial charge on any atom is -0.481 e. The Labute approximate surface area is 118 Å². The van der Waals surface area contributed by atoms with Crippen LogP contribution < -0.4 is 5.32 Å². The first kappa shape index (κ1) is 16.5. The maximum absolute atomic E-state index is 9.60. The van der Waals surface area contributed by atoms with Crippen LogP contribution in [-0.2, 0) is 4.79 Å². The summed E-state index contributed by atoms with van der Waals surface area (Å²) in [5.74, 6) is -0.711. The second kappa shape index (κ2) is 10.2. The fourth-order valence-electron chi connectivity index (χ4n) is 3.09. The largest absolute Gasteiger partial charge is 0.481 e. The van der Waals surface area contributed by atoms with Crippen molar-refractivity contribution in [1.82, 2.24) is 5.32 Å². The zero-order valence-corrected chi connectivity index (χ0v) is 12.5. The van der Waals surface area contributed by atoms with Gasteiger partial charge in [0, 0.05) is 18.5 Å². The van der Waals surface area contributed by atoms with Crippen molar-refractivity contribution in [2.45, 2.75) is 96.1 Å². The Bertz CT molecular complexity index is 215. The SMILES string of the molecule is C1CCC(NC2CCCCC2)CC1.CCCC(=O)O. The minimum atomic E-state index is -0.711. The van der Waals surface area contributed by atoms with Gasteiger partial charge in [-0.3, -0.25) is 4.79 Å². The number of carboxylic acid groups (broad SMARTS) is 1. The second-order valence-electron chi connectivity index (χ2n) is 5.98. The number of hydrogen-bond acceptors (Lipinski definition) is 2. The number of hydrogen-bond donors (Lipinski definition) is 2. The first-order valence-corrected chi connectivity index (χ1v) is 8.20. The molecule has 0 aliphatic heterocycles. The zero-order valence-electron chi connectivity index (χ0n) is 12.5. The van der Waals surface area contributed by atoms with E-state index in [0.717, 1.165) is 18.5 Å². The summed E-state index contributed by atoms with van der Waals surface area (Å²) in [6.07, 6.45) is 15.6. The molecule has 0 bridgehead atoms. The van der Waals surface area contributed by atoms with Crippen molar-refractivity contribution in [3.8, 4) is 0 Å². The van der Waals surface area contributed by atoms with Crippen LogP contribution in [-0.4, -0.2) is 23.2 Å². The minimum absolute atomic E-state index is 0.292.